The van der Waals surface area contributed by atoms with Crippen LogP contribution in [0.2, 0.25) is 0 Å². The van der Waals surface area contributed by atoms with E-state index in [2.05, 4.69) is 11.9 Å². The zero-order valence-electron chi connectivity index (χ0n) is 36.2. The fourth-order valence-corrected chi connectivity index (χ4v) is 11.1. The van der Waals surface area contributed by atoms with Gasteiger partial charge in [0, 0.05) is 31.1 Å². The Morgan fingerprint density at radius 3 is 2.25 bits per heavy atom. The first kappa shape index (κ1) is 44.7. The lowest BCUT2D eigenvalue weighted by Gasteiger charge is -2.67. The minimum absolute atomic E-state index is 0.0118. The summed E-state index contributed by atoms with van der Waals surface area (Å²) in [7, 11) is 0. The first-order valence-electron chi connectivity index (χ1n) is 20.7. The van der Waals surface area contributed by atoms with Crippen molar-refractivity contribution in [1.82, 2.24) is 5.32 Å². The van der Waals surface area contributed by atoms with Gasteiger partial charge in [-0.3, -0.25) is 4.79 Å². The van der Waals surface area contributed by atoms with E-state index >= 15 is 0 Å². The number of aliphatic hydroxyl groups is 2. The summed E-state index contributed by atoms with van der Waals surface area (Å²) in [5, 5.41) is 27.0. The highest BCUT2D eigenvalue weighted by atomic mass is 16.7. The van der Waals surface area contributed by atoms with Gasteiger partial charge in [-0.1, -0.05) is 52.5 Å². The number of carbonyl (C=O) groups is 4. The lowest BCUT2D eigenvalue weighted by atomic mass is 9.49. The molecule has 1 aromatic rings. The van der Waals surface area contributed by atoms with Crippen LogP contribution >= 0.6 is 0 Å². The Labute approximate surface area is 347 Å². The van der Waals surface area contributed by atoms with E-state index in [1.807, 2.05) is 27.7 Å². The number of amides is 1. The summed E-state index contributed by atoms with van der Waals surface area (Å²) in [5.41, 5.74) is -4.92. The van der Waals surface area contributed by atoms with Crippen molar-refractivity contribution < 1.29 is 62.5 Å². The highest BCUT2D eigenvalue weighted by Crippen LogP contribution is 2.70. The van der Waals surface area contributed by atoms with Crippen LogP contribution in [0.5, 0.6) is 0 Å². The largest absolute Gasteiger partial charge is 0.457 e. The number of benzene rings is 1. The molecule has 1 amide bonds. The SMILES string of the molecule is C=C[C@@H]1O[C@H]2CC3OC[C@@]3(OC(C)=O)[C@H]3[C@H](OC(=O)c4ccccc4)[C@]4(C(C)(C)O)C[C@H](OC(=O)[C@H](O)[C@H](CC(C)C)NC(=O)OC(C)(C)C)C(C)=C4[C@H](C)[C@H](O1)[C@]23C. The van der Waals surface area contributed by atoms with Gasteiger partial charge >= 0.3 is 24.0 Å². The Morgan fingerprint density at radius 2 is 1.71 bits per heavy atom. The van der Waals surface area contributed by atoms with E-state index in [1.54, 1.807) is 78.0 Å². The maximum absolute atomic E-state index is 14.5. The van der Waals surface area contributed by atoms with Crippen molar-refractivity contribution in [2.45, 2.75) is 161 Å². The van der Waals surface area contributed by atoms with Crippen LogP contribution in [-0.2, 0) is 42.7 Å². The summed E-state index contributed by atoms with van der Waals surface area (Å²) >= 11 is 0. The summed E-state index contributed by atoms with van der Waals surface area (Å²) in [5.74, 6) is -3.69. The molecule has 0 aromatic heterocycles. The summed E-state index contributed by atoms with van der Waals surface area (Å²) < 4.78 is 44.4. The van der Waals surface area contributed by atoms with E-state index in [0.29, 0.717) is 17.6 Å². The third-order valence-electron chi connectivity index (χ3n) is 13.3. The van der Waals surface area contributed by atoms with Crippen LogP contribution in [0.3, 0.4) is 0 Å². The van der Waals surface area contributed by atoms with E-state index < -0.39 is 112 Å². The smallest absolute Gasteiger partial charge is 0.407 e. The van der Waals surface area contributed by atoms with Gasteiger partial charge in [0.1, 0.15) is 23.9 Å². The second kappa shape index (κ2) is 15.9. The number of ether oxygens (including phenoxy) is 7. The Balaban J connectivity index is 1.52. The molecule has 3 aliphatic carbocycles. The van der Waals surface area contributed by atoms with Crippen molar-refractivity contribution in [3.05, 3.63) is 59.7 Å². The molecule has 2 heterocycles. The molecule has 1 unspecified atom stereocenters. The lowest BCUT2D eigenvalue weighted by Crippen LogP contribution is -2.80. The number of hydrogen-bond acceptors (Lipinski definition) is 13. The molecule has 4 fully saturated rings. The van der Waals surface area contributed by atoms with Crippen molar-refractivity contribution in [3.8, 4) is 0 Å². The molecule has 326 valence electrons. The highest BCUT2D eigenvalue weighted by molar-refractivity contribution is 5.89. The molecule has 14 nitrogen and oxygen atoms in total. The average Bonchev–Trinajstić information content (AvgIpc) is 3.39. The van der Waals surface area contributed by atoms with Gasteiger partial charge in [0.2, 0.25) is 0 Å². The standard InChI is InChI=1S/C45H63NO13/c1-13-32-55-30-20-31-45(22-53-31,58-26(6)47)35-37(57-38(49)27-17-15-14-16-18-27)44(42(10,11)52)21-29(24(4)33(44)25(5)36(56-32)43(30,35)12)54-39(50)34(48)28(19-23(2)3)46-40(51)59-41(7,8)9/h13-18,23,25,28-32,34-37,48,52H,1,19-22H2,2-12H3,(H,46,51)/t25-,28-,29-,30-,31?,32+,34+,35-,36-,37-,43+,44-,45-/m0/s1. The zero-order chi connectivity index (χ0) is 43.6. The van der Waals surface area contributed by atoms with E-state index in [0.717, 1.165) is 0 Å². The molecule has 3 N–H and O–H groups in total. The fourth-order valence-electron chi connectivity index (χ4n) is 11.1. The number of alkyl carbamates (subject to hydrolysis) is 1. The Kier molecular flexibility index (Phi) is 12.1. The monoisotopic (exact) mass is 825 g/mol. The molecule has 6 rings (SSSR count). The quantitative estimate of drug-likeness (QED) is 0.143. The second-order valence-electron chi connectivity index (χ2n) is 19.3. The number of carbonyl (C=O) groups excluding carboxylic acids is 4. The summed E-state index contributed by atoms with van der Waals surface area (Å²) in [6.45, 7) is 23.2. The van der Waals surface area contributed by atoms with E-state index in [4.69, 9.17) is 33.2 Å². The Morgan fingerprint density at radius 1 is 1.05 bits per heavy atom. The fraction of sp³-hybridized carbons (Fsp3) is 0.689. The molecule has 2 aliphatic heterocycles. The third-order valence-corrected chi connectivity index (χ3v) is 13.3. The number of fused-ring (bicyclic) bond motifs is 3. The zero-order valence-corrected chi connectivity index (χ0v) is 36.2. The minimum atomic E-state index is -1.79. The van der Waals surface area contributed by atoms with Gasteiger partial charge in [0.05, 0.1) is 47.4 Å². The molecule has 0 radical (unpaired) electrons. The molecule has 14 heteroatoms. The average molecular weight is 826 g/mol. The molecular formula is C45H63NO13. The molecule has 1 aromatic carbocycles. The van der Waals surface area contributed by atoms with Crippen molar-refractivity contribution in [3.63, 3.8) is 0 Å². The van der Waals surface area contributed by atoms with Crippen molar-refractivity contribution >= 4 is 24.0 Å². The van der Waals surface area contributed by atoms with Crippen LogP contribution in [0.1, 0.15) is 106 Å². The van der Waals surface area contributed by atoms with Crippen molar-refractivity contribution in [1.29, 1.82) is 0 Å². The van der Waals surface area contributed by atoms with Crippen LogP contribution in [0.4, 0.5) is 4.79 Å². The van der Waals surface area contributed by atoms with Crippen LogP contribution in [0.25, 0.3) is 0 Å². The van der Waals surface area contributed by atoms with Gasteiger partial charge < -0.3 is 48.7 Å². The summed E-state index contributed by atoms with van der Waals surface area (Å²) in [4.78, 5) is 54.6. The molecule has 59 heavy (non-hydrogen) atoms. The Bertz CT molecular complexity index is 1830. The van der Waals surface area contributed by atoms with E-state index in [-0.39, 0.29) is 30.9 Å². The topological polar surface area (TPSA) is 185 Å². The first-order chi connectivity index (χ1) is 27.4. The van der Waals surface area contributed by atoms with Gasteiger partial charge in [0.25, 0.3) is 0 Å². The lowest BCUT2D eigenvalue weighted by molar-refractivity contribution is -0.391. The predicted molar refractivity (Wildman–Crippen MR) is 214 cm³/mol. The minimum Gasteiger partial charge on any atom is -0.457 e. The molecule has 5 aliphatic rings. The molecule has 0 spiro atoms. The maximum atomic E-state index is 14.5. The van der Waals surface area contributed by atoms with Crippen LogP contribution in [-0.4, -0.2) is 107 Å². The van der Waals surface area contributed by atoms with Gasteiger partial charge in [0.15, 0.2) is 18.0 Å². The first-order valence-corrected chi connectivity index (χ1v) is 20.7. The second-order valence-corrected chi connectivity index (χ2v) is 19.3. The molecular weight excluding hydrogens is 762 g/mol. The number of esters is 3. The van der Waals surface area contributed by atoms with Gasteiger partial charge in [-0.25, -0.2) is 14.4 Å². The third kappa shape index (κ3) is 7.73. The van der Waals surface area contributed by atoms with Crippen molar-refractivity contribution in [2.24, 2.45) is 28.6 Å². The van der Waals surface area contributed by atoms with Crippen LogP contribution in [0.15, 0.2) is 54.1 Å². The molecule has 2 saturated heterocycles. The van der Waals surface area contributed by atoms with E-state index in [9.17, 15) is 29.4 Å². The number of rotatable bonds is 11. The normalized spacial score (nSPS) is 36.0. The highest BCUT2D eigenvalue weighted by Gasteiger charge is 2.80. The van der Waals surface area contributed by atoms with E-state index in [1.165, 1.54) is 6.92 Å². The van der Waals surface area contributed by atoms with Crippen molar-refractivity contribution in [2.75, 3.05) is 6.61 Å². The van der Waals surface area contributed by atoms with Gasteiger partial charge in [-0.15, -0.1) is 0 Å². The maximum Gasteiger partial charge on any atom is 0.407 e. The van der Waals surface area contributed by atoms with Crippen LogP contribution in [0, 0.1) is 28.6 Å². The number of nitrogens with one attached hydrogen (secondary N) is 1. The predicted octanol–water partition coefficient (Wildman–Crippen LogP) is 5.57. The molecule has 13 atom stereocenters. The molecule has 2 saturated carbocycles. The molecule has 0 bridgehead atoms. The van der Waals surface area contributed by atoms with Crippen LogP contribution < -0.4 is 5.32 Å². The van der Waals surface area contributed by atoms with Gasteiger partial charge in [-0.2, -0.15) is 0 Å². The number of hydrogen-bond donors (Lipinski definition) is 3. The summed E-state index contributed by atoms with van der Waals surface area (Å²) in [6, 6.07) is 7.43. The number of aliphatic hydroxyl groups excluding tert-OH is 1. The van der Waals surface area contributed by atoms with Gasteiger partial charge in [-0.05, 0) is 83.2 Å². The summed E-state index contributed by atoms with van der Waals surface area (Å²) in [6.07, 6.45) is -5.55. The Hall–Kier alpha value is -3.82.